The Labute approximate surface area is 169 Å². The molecule has 4 nitrogen and oxygen atoms in total. The molecule has 0 aliphatic rings. The molecule has 0 aliphatic carbocycles. The van der Waals surface area contributed by atoms with Gasteiger partial charge in [-0.25, -0.2) is 0 Å². The van der Waals surface area contributed by atoms with Gasteiger partial charge in [-0.2, -0.15) is 0 Å². The summed E-state index contributed by atoms with van der Waals surface area (Å²) in [6.45, 7) is 2.71. The van der Waals surface area contributed by atoms with Gasteiger partial charge in [0.05, 0.1) is 13.2 Å². The van der Waals surface area contributed by atoms with Gasteiger partial charge in [0.15, 0.2) is 5.96 Å². The van der Waals surface area contributed by atoms with E-state index in [0.29, 0.717) is 19.8 Å². The average Bonchev–Trinajstić information content (AvgIpc) is 2.59. The Bertz CT molecular complexity index is 605. The van der Waals surface area contributed by atoms with E-state index in [4.69, 9.17) is 4.74 Å². The number of ether oxygens (including phenoxy) is 1. The van der Waals surface area contributed by atoms with E-state index >= 15 is 0 Å². The van der Waals surface area contributed by atoms with Gasteiger partial charge >= 0.3 is 0 Å². The number of nitrogens with zero attached hydrogens (tertiary/aromatic N) is 1. The Morgan fingerprint density at radius 1 is 1.00 bits per heavy atom. The second-order valence-corrected chi connectivity index (χ2v) is 5.93. The molecule has 0 saturated heterocycles. The number of hydrogen-bond acceptors (Lipinski definition) is 2. The van der Waals surface area contributed by atoms with Crippen molar-refractivity contribution in [1.29, 1.82) is 0 Å². The van der Waals surface area contributed by atoms with Crippen molar-refractivity contribution in [3.8, 4) is 0 Å². The van der Waals surface area contributed by atoms with Gasteiger partial charge in [-0.3, -0.25) is 4.99 Å². The van der Waals surface area contributed by atoms with Crippen molar-refractivity contribution in [2.45, 2.75) is 13.2 Å². The Balaban J connectivity index is 0.00000288. The third-order valence-corrected chi connectivity index (χ3v) is 3.78. The van der Waals surface area contributed by atoms with Gasteiger partial charge < -0.3 is 15.4 Å². The second-order valence-electron chi connectivity index (χ2n) is 5.02. The molecule has 0 radical (unpaired) electrons. The van der Waals surface area contributed by atoms with Gasteiger partial charge in [-0.05, 0) is 23.3 Å². The molecular formula is C18H23BrIN3O. The number of halogens is 2. The molecule has 24 heavy (non-hydrogen) atoms. The van der Waals surface area contributed by atoms with Crippen LogP contribution in [0.2, 0.25) is 0 Å². The van der Waals surface area contributed by atoms with Crippen LogP contribution in [0.25, 0.3) is 0 Å². The molecule has 0 atom stereocenters. The summed E-state index contributed by atoms with van der Waals surface area (Å²) in [6.07, 6.45) is 0. The Hall–Kier alpha value is -1.12. The SMILES string of the molecule is CN=C(NCCOCc1ccccc1)NCc1ccc(Br)cc1.I. The van der Waals surface area contributed by atoms with Gasteiger partial charge in [0.2, 0.25) is 0 Å². The predicted octanol–water partition coefficient (Wildman–Crippen LogP) is 3.95. The van der Waals surface area contributed by atoms with Gasteiger partial charge in [-0.1, -0.05) is 58.4 Å². The lowest BCUT2D eigenvalue weighted by Crippen LogP contribution is -2.38. The van der Waals surface area contributed by atoms with Crippen molar-refractivity contribution in [3.05, 3.63) is 70.2 Å². The highest BCUT2D eigenvalue weighted by Crippen LogP contribution is 2.10. The van der Waals surface area contributed by atoms with Gasteiger partial charge in [-0.15, -0.1) is 24.0 Å². The maximum Gasteiger partial charge on any atom is 0.191 e. The molecular weight excluding hydrogens is 481 g/mol. The number of guanidine groups is 1. The highest BCUT2D eigenvalue weighted by molar-refractivity contribution is 14.0. The Kier molecular flexibility index (Phi) is 10.7. The van der Waals surface area contributed by atoms with Crippen LogP contribution in [-0.4, -0.2) is 26.2 Å². The van der Waals surface area contributed by atoms with Crippen molar-refractivity contribution in [3.63, 3.8) is 0 Å². The molecule has 0 heterocycles. The van der Waals surface area contributed by atoms with E-state index in [2.05, 4.69) is 55.8 Å². The average molecular weight is 504 g/mol. The first kappa shape index (κ1) is 20.9. The molecule has 0 bridgehead atoms. The van der Waals surface area contributed by atoms with E-state index in [9.17, 15) is 0 Å². The van der Waals surface area contributed by atoms with Crippen LogP contribution in [0.3, 0.4) is 0 Å². The summed E-state index contributed by atoms with van der Waals surface area (Å²) < 4.78 is 6.72. The van der Waals surface area contributed by atoms with Crippen LogP contribution in [0.1, 0.15) is 11.1 Å². The van der Waals surface area contributed by atoms with E-state index < -0.39 is 0 Å². The fraction of sp³-hybridized carbons (Fsp3) is 0.278. The molecule has 2 rings (SSSR count). The number of benzene rings is 2. The van der Waals surface area contributed by atoms with Crippen LogP contribution in [0.4, 0.5) is 0 Å². The summed E-state index contributed by atoms with van der Waals surface area (Å²) >= 11 is 3.43. The summed E-state index contributed by atoms with van der Waals surface area (Å²) in [7, 11) is 1.77. The summed E-state index contributed by atoms with van der Waals surface area (Å²) in [5.41, 5.74) is 2.39. The summed E-state index contributed by atoms with van der Waals surface area (Å²) in [4.78, 5) is 4.21. The quantitative estimate of drug-likeness (QED) is 0.260. The van der Waals surface area contributed by atoms with Crippen LogP contribution in [0.15, 0.2) is 64.1 Å². The van der Waals surface area contributed by atoms with E-state index in [0.717, 1.165) is 17.0 Å². The zero-order chi connectivity index (χ0) is 16.3. The smallest absolute Gasteiger partial charge is 0.191 e. The topological polar surface area (TPSA) is 45.7 Å². The van der Waals surface area contributed by atoms with E-state index in [-0.39, 0.29) is 24.0 Å². The molecule has 2 N–H and O–H groups in total. The molecule has 0 unspecified atom stereocenters. The molecule has 0 aromatic heterocycles. The first-order valence-corrected chi connectivity index (χ1v) is 8.38. The maximum atomic E-state index is 5.64. The minimum atomic E-state index is 0. The third kappa shape index (κ3) is 8.12. The molecule has 0 saturated carbocycles. The maximum absolute atomic E-state index is 5.64. The molecule has 0 aliphatic heterocycles. The Morgan fingerprint density at radius 2 is 1.71 bits per heavy atom. The van der Waals surface area contributed by atoms with Crippen LogP contribution in [0.5, 0.6) is 0 Å². The minimum absolute atomic E-state index is 0. The number of aliphatic imine (C=N–C) groups is 1. The fourth-order valence-electron chi connectivity index (χ4n) is 2.01. The zero-order valence-electron chi connectivity index (χ0n) is 13.7. The van der Waals surface area contributed by atoms with Crippen molar-refractivity contribution in [2.75, 3.05) is 20.2 Å². The number of hydrogen-bond donors (Lipinski definition) is 2. The van der Waals surface area contributed by atoms with Crippen LogP contribution >= 0.6 is 39.9 Å². The molecule has 2 aromatic carbocycles. The number of nitrogens with one attached hydrogen (secondary N) is 2. The predicted molar refractivity (Wildman–Crippen MR) is 114 cm³/mol. The number of rotatable bonds is 7. The van der Waals surface area contributed by atoms with Gasteiger partial charge in [0.25, 0.3) is 0 Å². The largest absolute Gasteiger partial charge is 0.375 e. The lowest BCUT2D eigenvalue weighted by Gasteiger charge is -2.12. The fourth-order valence-corrected chi connectivity index (χ4v) is 2.28. The molecule has 6 heteroatoms. The van der Waals surface area contributed by atoms with E-state index in [1.54, 1.807) is 7.05 Å². The molecule has 0 amide bonds. The summed E-state index contributed by atoms with van der Waals surface area (Å²) in [6, 6.07) is 18.4. The summed E-state index contributed by atoms with van der Waals surface area (Å²) in [5, 5.41) is 6.52. The van der Waals surface area contributed by atoms with Crippen molar-refractivity contribution >= 4 is 45.9 Å². The molecule has 0 spiro atoms. The first-order chi connectivity index (χ1) is 11.3. The monoisotopic (exact) mass is 503 g/mol. The normalized spacial score (nSPS) is 10.8. The first-order valence-electron chi connectivity index (χ1n) is 7.58. The standard InChI is InChI=1S/C18H22BrN3O.HI/c1-20-18(22-13-15-7-9-17(19)10-8-15)21-11-12-23-14-16-5-3-2-4-6-16;/h2-10H,11-14H2,1H3,(H2,20,21,22);1H. The lowest BCUT2D eigenvalue weighted by molar-refractivity contribution is 0.125. The van der Waals surface area contributed by atoms with Crippen LogP contribution in [0, 0.1) is 0 Å². The van der Waals surface area contributed by atoms with Crippen molar-refractivity contribution in [2.24, 2.45) is 4.99 Å². The summed E-state index contributed by atoms with van der Waals surface area (Å²) in [5.74, 6) is 0.774. The van der Waals surface area contributed by atoms with Gasteiger partial charge in [0.1, 0.15) is 0 Å². The lowest BCUT2D eigenvalue weighted by atomic mass is 10.2. The Morgan fingerprint density at radius 3 is 2.38 bits per heavy atom. The zero-order valence-corrected chi connectivity index (χ0v) is 17.6. The third-order valence-electron chi connectivity index (χ3n) is 3.25. The van der Waals surface area contributed by atoms with Crippen molar-refractivity contribution < 1.29 is 4.74 Å². The van der Waals surface area contributed by atoms with Crippen LogP contribution in [-0.2, 0) is 17.9 Å². The highest BCUT2D eigenvalue weighted by Gasteiger charge is 1.98. The molecule has 130 valence electrons. The van der Waals surface area contributed by atoms with E-state index in [1.807, 2.05) is 30.3 Å². The van der Waals surface area contributed by atoms with Gasteiger partial charge in [0, 0.05) is 24.6 Å². The van der Waals surface area contributed by atoms with E-state index in [1.165, 1.54) is 11.1 Å². The van der Waals surface area contributed by atoms with Crippen molar-refractivity contribution in [1.82, 2.24) is 10.6 Å². The van der Waals surface area contributed by atoms with Crippen LogP contribution < -0.4 is 10.6 Å². The second kappa shape index (κ2) is 12.3. The highest BCUT2D eigenvalue weighted by atomic mass is 127. The minimum Gasteiger partial charge on any atom is -0.375 e. The molecule has 0 fully saturated rings. The molecule has 2 aromatic rings.